The fourth-order valence-electron chi connectivity index (χ4n) is 2.53. The third-order valence-corrected chi connectivity index (χ3v) is 3.55. The van der Waals surface area contributed by atoms with E-state index in [1.807, 2.05) is 25.9 Å². The van der Waals surface area contributed by atoms with Crippen LogP contribution in [0.5, 0.6) is 0 Å². The van der Waals surface area contributed by atoms with Gasteiger partial charge in [-0.15, -0.1) is 0 Å². The van der Waals surface area contributed by atoms with Crippen LogP contribution in [0.25, 0.3) is 0 Å². The van der Waals surface area contributed by atoms with Gasteiger partial charge in [0, 0.05) is 32.6 Å². The molecule has 0 unspecified atom stereocenters. The van der Waals surface area contributed by atoms with Gasteiger partial charge < -0.3 is 19.9 Å². The SMILES string of the molecule is CCOC(=O)CNC(=O)N1CCc2nc(C)nc(N(C)C)c2C1. The van der Waals surface area contributed by atoms with E-state index in [0.717, 1.165) is 22.9 Å². The maximum absolute atomic E-state index is 12.2. The zero-order chi connectivity index (χ0) is 17.0. The van der Waals surface area contributed by atoms with Crippen molar-refractivity contribution in [1.82, 2.24) is 20.2 Å². The zero-order valence-electron chi connectivity index (χ0n) is 14.0. The number of aromatic nitrogens is 2. The molecular formula is C15H23N5O3. The standard InChI is InChI=1S/C15H23N5O3/c1-5-23-13(21)8-16-15(22)20-7-6-12-11(9-20)14(19(3)4)18-10(2)17-12/h5-9H2,1-4H3,(H,16,22). The van der Waals surface area contributed by atoms with Gasteiger partial charge >= 0.3 is 12.0 Å². The largest absolute Gasteiger partial charge is 0.465 e. The van der Waals surface area contributed by atoms with Crippen molar-refractivity contribution in [1.29, 1.82) is 0 Å². The van der Waals surface area contributed by atoms with Crippen molar-refractivity contribution in [2.45, 2.75) is 26.8 Å². The molecule has 0 bridgehead atoms. The molecule has 1 aliphatic rings. The molecule has 2 heterocycles. The third kappa shape index (κ3) is 4.08. The molecule has 0 spiro atoms. The van der Waals surface area contributed by atoms with Crippen LogP contribution in [0.3, 0.4) is 0 Å². The Balaban J connectivity index is 2.07. The lowest BCUT2D eigenvalue weighted by molar-refractivity contribution is -0.141. The van der Waals surface area contributed by atoms with E-state index < -0.39 is 5.97 Å². The molecule has 0 fully saturated rings. The number of amides is 2. The average Bonchev–Trinajstić information content (AvgIpc) is 2.51. The van der Waals surface area contributed by atoms with E-state index in [2.05, 4.69) is 15.3 Å². The molecular weight excluding hydrogens is 298 g/mol. The molecule has 0 aliphatic carbocycles. The summed E-state index contributed by atoms with van der Waals surface area (Å²) in [6.45, 7) is 4.76. The Bertz CT molecular complexity index is 603. The molecule has 0 saturated heterocycles. The molecule has 126 valence electrons. The van der Waals surface area contributed by atoms with E-state index in [4.69, 9.17) is 4.74 Å². The molecule has 0 aromatic carbocycles. The number of ether oxygens (including phenoxy) is 1. The molecule has 8 nitrogen and oxygen atoms in total. The van der Waals surface area contributed by atoms with Crippen molar-refractivity contribution in [3.8, 4) is 0 Å². The van der Waals surface area contributed by atoms with E-state index in [9.17, 15) is 9.59 Å². The number of fused-ring (bicyclic) bond motifs is 1. The van der Waals surface area contributed by atoms with Crippen molar-refractivity contribution in [3.63, 3.8) is 0 Å². The lowest BCUT2D eigenvalue weighted by Gasteiger charge is -2.30. The van der Waals surface area contributed by atoms with Gasteiger partial charge in [-0.25, -0.2) is 14.8 Å². The molecule has 8 heteroatoms. The topological polar surface area (TPSA) is 87.7 Å². The maximum atomic E-state index is 12.2. The zero-order valence-corrected chi connectivity index (χ0v) is 14.0. The summed E-state index contributed by atoms with van der Waals surface area (Å²) in [5.74, 6) is 1.12. The minimum absolute atomic E-state index is 0.124. The number of carbonyl (C=O) groups excluding carboxylic acids is 2. The van der Waals surface area contributed by atoms with Crippen molar-refractivity contribution < 1.29 is 14.3 Å². The molecule has 23 heavy (non-hydrogen) atoms. The number of rotatable bonds is 4. The fourth-order valence-corrected chi connectivity index (χ4v) is 2.53. The quantitative estimate of drug-likeness (QED) is 0.812. The second-order valence-electron chi connectivity index (χ2n) is 5.55. The Morgan fingerprint density at radius 3 is 2.74 bits per heavy atom. The Morgan fingerprint density at radius 1 is 1.35 bits per heavy atom. The fraction of sp³-hybridized carbons (Fsp3) is 0.600. The highest BCUT2D eigenvalue weighted by atomic mass is 16.5. The summed E-state index contributed by atoms with van der Waals surface area (Å²) in [6, 6.07) is -0.283. The van der Waals surface area contributed by atoms with E-state index in [1.165, 1.54) is 0 Å². The monoisotopic (exact) mass is 321 g/mol. The van der Waals surface area contributed by atoms with E-state index >= 15 is 0 Å². The second-order valence-corrected chi connectivity index (χ2v) is 5.55. The number of hydrogen-bond acceptors (Lipinski definition) is 6. The van der Waals surface area contributed by atoms with Gasteiger partial charge in [-0.2, -0.15) is 0 Å². The summed E-state index contributed by atoms with van der Waals surface area (Å²) in [5, 5.41) is 2.59. The molecule has 0 saturated carbocycles. The first-order valence-corrected chi connectivity index (χ1v) is 7.64. The highest BCUT2D eigenvalue weighted by molar-refractivity contribution is 5.81. The van der Waals surface area contributed by atoms with Gasteiger partial charge in [-0.3, -0.25) is 4.79 Å². The highest BCUT2D eigenvalue weighted by Gasteiger charge is 2.26. The van der Waals surface area contributed by atoms with Crippen LogP contribution >= 0.6 is 0 Å². The van der Waals surface area contributed by atoms with Crippen molar-refractivity contribution in [2.75, 3.05) is 38.7 Å². The Hall–Kier alpha value is -2.38. The molecule has 1 aliphatic heterocycles. The lowest BCUT2D eigenvalue weighted by atomic mass is 10.1. The van der Waals surface area contributed by atoms with Crippen LogP contribution in [-0.2, 0) is 22.5 Å². The predicted octanol–water partition coefficient (Wildman–Crippen LogP) is 0.482. The van der Waals surface area contributed by atoms with Crippen LogP contribution in [0.4, 0.5) is 10.6 Å². The van der Waals surface area contributed by atoms with E-state index in [1.54, 1.807) is 11.8 Å². The van der Waals surface area contributed by atoms with Gasteiger partial charge in [0.15, 0.2) is 0 Å². The van der Waals surface area contributed by atoms with Gasteiger partial charge in [-0.05, 0) is 13.8 Å². The number of hydrogen-bond donors (Lipinski definition) is 1. The van der Waals surface area contributed by atoms with E-state index in [-0.39, 0.29) is 12.6 Å². The minimum atomic E-state index is -0.439. The van der Waals surface area contributed by atoms with Gasteiger partial charge in [0.1, 0.15) is 18.2 Å². The Labute approximate surface area is 135 Å². The number of esters is 1. The third-order valence-electron chi connectivity index (χ3n) is 3.55. The van der Waals surface area contributed by atoms with Crippen molar-refractivity contribution in [2.24, 2.45) is 0 Å². The van der Waals surface area contributed by atoms with E-state index in [0.29, 0.717) is 26.1 Å². The number of aryl methyl sites for hydroxylation is 1. The molecule has 2 amide bonds. The van der Waals surface area contributed by atoms with Gasteiger partial charge in [-0.1, -0.05) is 0 Å². The highest BCUT2D eigenvalue weighted by Crippen LogP contribution is 2.25. The summed E-state index contributed by atoms with van der Waals surface area (Å²) in [7, 11) is 3.84. The summed E-state index contributed by atoms with van der Waals surface area (Å²) >= 11 is 0. The first-order valence-electron chi connectivity index (χ1n) is 7.64. The lowest BCUT2D eigenvalue weighted by Crippen LogP contribution is -2.45. The number of carbonyl (C=O) groups is 2. The predicted molar refractivity (Wildman–Crippen MR) is 85.2 cm³/mol. The molecule has 1 aromatic heterocycles. The first-order chi connectivity index (χ1) is 10.9. The van der Waals surface area contributed by atoms with Crippen LogP contribution < -0.4 is 10.2 Å². The molecule has 1 aromatic rings. The maximum Gasteiger partial charge on any atom is 0.325 e. The summed E-state index contributed by atoms with van der Waals surface area (Å²) in [5.41, 5.74) is 1.94. The number of nitrogens with zero attached hydrogens (tertiary/aromatic N) is 4. The smallest absolute Gasteiger partial charge is 0.325 e. The van der Waals surface area contributed by atoms with Crippen LogP contribution in [0.1, 0.15) is 24.0 Å². The first kappa shape index (κ1) is 17.0. The Morgan fingerprint density at radius 2 is 2.09 bits per heavy atom. The summed E-state index contributed by atoms with van der Waals surface area (Å²) in [4.78, 5) is 36.1. The van der Waals surface area contributed by atoms with Crippen LogP contribution in [0.2, 0.25) is 0 Å². The number of nitrogens with one attached hydrogen (secondary N) is 1. The number of anilines is 1. The van der Waals surface area contributed by atoms with Gasteiger partial charge in [0.25, 0.3) is 0 Å². The summed E-state index contributed by atoms with van der Waals surface area (Å²) < 4.78 is 4.80. The average molecular weight is 321 g/mol. The second kappa shape index (κ2) is 7.26. The molecule has 1 N–H and O–H groups in total. The minimum Gasteiger partial charge on any atom is -0.465 e. The van der Waals surface area contributed by atoms with Gasteiger partial charge in [0.05, 0.1) is 18.8 Å². The van der Waals surface area contributed by atoms with Crippen LogP contribution in [0.15, 0.2) is 0 Å². The van der Waals surface area contributed by atoms with Crippen LogP contribution in [0, 0.1) is 6.92 Å². The molecule has 2 rings (SSSR count). The van der Waals surface area contributed by atoms with Crippen molar-refractivity contribution >= 4 is 17.8 Å². The normalized spacial score (nSPS) is 13.3. The van der Waals surface area contributed by atoms with Crippen molar-refractivity contribution in [3.05, 3.63) is 17.1 Å². The summed E-state index contributed by atoms with van der Waals surface area (Å²) in [6.07, 6.45) is 0.673. The van der Waals surface area contributed by atoms with Crippen LogP contribution in [-0.4, -0.2) is 60.7 Å². The molecule has 0 atom stereocenters. The molecule has 0 radical (unpaired) electrons. The Kier molecular flexibility index (Phi) is 5.36. The van der Waals surface area contributed by atoms with Gasteiger partial charge in [0.2, 0.25) is 0 Å². The number of urea groups is 1.